The van der Waals surface area contributed by atoms with E-state index in [-0.39, 0.29) is 12.1 Å². The van der Waals surface area contributed by atoms with Crippen LogP contribution in [-0.4, -0.2) is 42.1 Å². The van der Waals surface area contributed by atoms with Gasteiger partial charge in [-0.3, -0.25) is 9.79 Å². The zero-order chi connectivity index (χ0) is 12.0. The lowest BCUT2D eigenvalue weighted by molar-refractivity contribution is -0.122. The van der Waals surface area contributed by atoms with Crippen LogP contribution in [-0.2, 0) is 9.53 Å². The Hall–Kier alpha value is -0.750. The maximum absolute atomic E-state index is 10.4. The van der Waals surface area contributed by atoms with Gasteiger partial charge in [0.1, 0.15) is 6.61 Å². The number of rotatable bonds is 6. The lowest BCUT2D eigenvalue weighted by Crippen LogP contribution is -2.39. The lowest BCUT2D eigenvalue weighted by Gasteiger charge is -2.20. The molecule has 1 unspecified atom stereocenters. The predicted octanol–water partition coefficient (Wildman–Crippen LogP) is 0.349. The Kier molecular flexibility index (Phi) is 5.08. The van der Waals surface area contributed by atoms with Crippen LogP contribution < -0.4 is 11.1 Å². The fourth-order valence-electron chi connectivity index (χ4n) is 1.22. The molecule has 0 aliphatic carbocycles. The quantitative estimate of drug-likeness (QED) is 0.662. The molecule has 0 saturated carbocycles. The Morgan fingerprint density at radius 3 is 3.06 bits per heavy atom. The largest absolute Gasteiger partial charge is 0.370 e. The minimum atomic E-state index is -0.445. The maximum atomic E-state index is 10.4. The highest BCUT2D eigenvalue weighted by molar-refractivity contribution is 8.14. The van der Waals surface area contributed by atoms with E-state index in [0.717, 1.165) is 17.3 Å². The highest BCUT2D eigenvalue weighted by Gasteiger charge is 2.30. The fourth-order valence-corrected chi connectivity index (χ4v) is 2.45. The summed E-state index contributed by atoms with van der Waals surface area (Å²) in [5.41, 5.74) is 5.10. The standard InChI is InChI=1S/C10H19N3O2S/c1-3-10(2)7-16-9(13-10)12-4-5-15-6-8(11)14/h3-7H2,1-2H3,(H2,11,14)(H,12,13). The minimum Gasteiger partial charge on any atom is -0.370 e. The van der Waals surface area contributed by atoms with Crippen molar-refractivity contribution in [1.29, 1.82) is 0 Å². The van der Waals surface area contributed by atoms with E-state index in [1.165, 1.54) is 0 Å². The van der Waals surface area contributed by atoms with Crippen molar-refractivity contribution in [1.82, 2.24) is 5.32 Å². The Balaban J connectivity index is 2.19. The molecule has 92 valence electrons. The number of amidine groups is 1. The Morgan fingerprint density at radius 1 is 1.75 bits per heavy atom. The van der Waals surface area contributed by atoms with Crippen LogP contribution in [0.4, 0.5) is 0 Å². The second kappa shape index (κ2) is 6.10. The number of hydrogen-bond donors (Lipinski definition) is 2. The van der Waals surface area contributed by atoms with Crippen molar-refractivity contribution in [2.45, 2.75) is 25.8 Å². The first-order valence-electron chi connectivity index (χ1n) is 5.37. The summed E-state index contributed by atoms with van der Waals surface area (Å²) >= 11 is 1.73. The average Bonchev–Trinajstić information content (AvgIpc) is 2.61. The van der Waals surface area contributed by atoms with Crippen molar-refractivity contribution in [3.05, 3.63) is 0 Å². The van der Waals surface area contributed by atoms with E-state index in [9.17, 15) is 4.79 Å². The third-order valence-electron chi connectivity index (χ3n) is 2.45. The number of amides is 1. The van der Waals surface area contributed by atoms with Gasteiger partial charge in [-0.25, -0.2) is 0 Å². The smallest absolute Gasteiger partial charge is 0.243 e. The second-order valence-corrected chi connectivity index (χ2v) is 5.00. The van der Waals surface area contributed by atoms with Crippen LogP contribution in [0.2, 0.25) is 0 Å². The highest BCUT2D eigenvalue weighted by atomic mass is 32.2. The van der Waals surface area contributed by atoms with E-state index in [1.807, 2.05) is 0 Å². The van der Waals surface area contributed by atoms with Crippen molar-refractivity contribution in [2.24, 2.45) is 10.7 Å². The number of carbonyl (C=O) groups is 1. The monoisotopic (exact) mass is 245 g/mol. The van der Waals surface area contributed by atoms with E-state index in [0.29, 0.717) is 13.2 Å². The molecule has 6 heteroatoms. The first-order valence-corrected chi connectivity index (χ1v) is 6.36. The molecule has 0 bridgehead atoms. The normalized spacial score (nSPS) is 27.0. The Bertz CT molecular complexity index is 283. The third-order valence-corrected chi connectivity index (χ3v) is 3.74. The van der Waals surface area contributed by atoms with Gasteiger partial charge < -0.3 is 15.8 Å². The molecule has 1 atom stereocenters. The predicted molar refractivity (Wildman–Crippen MR) is 66.6 cm³/mol. The zero-order valence-electron chi connectivity index (χ0n) is 9.78. The molecule has 0 aromatic heterocycles. The van der Waals surface area contributed by atoms with Crippen LogP contribution in [0, 0.1) is 0 Å². The molecule has 1 aliphatic heterocycles. The van der Waals surface area contributed by atoms with Crippen LogP contribution in [0.25, 0.3) is 0 Å². The molecule has 1 aliphatic rings. The van der Waals surface area contributed by atoms with Crippen molar-refractivity contribution >= 4 is 22.8 Å². The Morgan fingerprint density at radius 2 is 2.50 bits per heavy atom. The summed E-state index contributed by atoms with van der Waals surface area (Å²) in [5.74, 6) is 0.601. The van der Waals surface area contributed by atoms with Crippen LogP contribution in [0.3, 0.4) is 0 Å². The summed E-state index contributed by atoms with van der Waals surface area (Å²) < 4.78 is 5.01. The van der Waals surface area contributed by atoms with E-state index in [4.69, 9.17) is 10.5 Å². The van der Waals surface area contributed by atoms with Gasteiger partial charge >= 0.3 is 0 Å². The van der Waals surface area contributed by atoms with Crippen LogP contribution in [0.15, 0.2) is 4.99 Å². The summed E-state index contributed by atoms with van der Waals surface area (Å²) in [6, 6.07) is 0. The first kappa shape index (κ1) is 13.3. The molecule has 1 saturated heterocycles. The summed E-state index contributed by atoms with van der Waals surface area (Å²) in [6.07, 6.45) is 1.08. The number of aliphatic imine (C=N–C) groups is 1. The van der Waals surface area contributed by atoms with Crippen molar-refractivity contribution in [2.75, 3.05) is 25.5 Å². The number of thioether (sulfide) groups is 1. The number of primary amides is 1. The molecular weight excluding hydrogens is 226 g/mol. The molecule has 0 aromatic rings. The van der Waals surface area contributed by atoms with Crippen molar-refractivity contribution in [3.8, 4) is 0 Å². The van der Waals surface area contributed by atoms with E-state index < -0.39 is 5.91 Å². The van der Waals surface area contributed by atoms with E-state index in [1.54, 1.807) is 11.8 Å². The van der Waals surface area contributed by atoms with Crippen molar-refractivity contribution in [3.63, 3.8) is 0 Å². The zero-order valence-corrected chi connectivity index (χ0v) is 10.6. The molecule has 5 nitrogen and oxygen atoms in total. The Labute approximate surface area is 100 Å². The molecular formula is C10H19N3O2S. The molecule has 16 heavy (non-hydrogen) atoms. The molecule has 1 fully saturated rings. The van der Waals surface area contributed by atoms with Gasteiger partial charge in [-0.05, 0) is 13.3 Å². The van der Waals surface area contributed by atoms with Gasteiger partial charge in [-0.2, -0.15) is 0 Å². The minimum absolute atomic E-state index is 0.0297. The summed E-state index contributed by atoms with van der Waals surface area (Å²) in [6.45, 7) is 5.30. The SMILES string of the molecule is CCC1(C)CSC(=NCCOCC(N)=O)N1. The van der Waals surface area contributed by atoms with Gasteiger partial charge in [0.15, 0.2) is 5.17 Å². The molecule has 3 N–H and O–H groups in total. The first-order chi connectivity index (χ1) is 7.56. The van der Waals surface area contributed by atoms with Gasteiger partial charge in [0.05, 0.1) is 13.2 Å². The number of ether oxygens (including phenoxy) is 1. The van der Waals surface area contributed by atoms with Crippen LogP contribution >= 0.6 is 11.8 Å². The highest BCUT2D eigenvalue weighted by Crippen LogP contribution is 2.25. The van der Waals surface area contributed by atoms with Gasteiger partial charge in [-0.1, -0.05) is 18.7 Å². The van der Waals surface area contributed by atoms with Gasteiger partial charge in [0, 0.05) is 11.3 Å². The van der Waals surface area contributed by atoms with Gasteiger partial charge in [0.25, 0.3) is 0 Å². The molecule has 0 aromatic carbocycles. The molecule has 1 heterocycles. The van der Waals surface area contributed by atoms with Crippen LogP contribution in [0.1, 0.15) is 20.3 Å². The van der Waals surface area contributed by atoms with Crippen LogP contribution in [0.5, 0.6) is 0 Å². The summed E-state index contributed by atoms with van der Waals surface area (Å²) in [7, 11) is 0. The van der Waals surface area contributed by atoms with Gasteiger partial charge in [-0.15, -0.1) is 0 Å². The number of nitrogens with two attached hydrogens (primary N) is 1. The molecule has 1 amide bonds. The van der Waals surface area contributed by atoms with Crippen molar-refractivity contribution < 1.29 is 9.53 Å². The molecule has 0 radical (unpaired) electrons. The molecule has 0 spiro atoms. The lowest BCUT2D eigenvalue weighted by atomic mass is 10.0. The van der Waals surface area contributed by atoms with E-state index in [2.05, 4.69) is 24.2 Å². The summed E-state index contributed by atoms with van der Waals surface area (Å²) in [5, 5.41) is 4.35. The summed E-state index contributed by atoms with van der Waals surface area (Å²) in [4.78, 5) is 14.7. The van der Waals surface area contributed by atoms with E-state index >= 15 is 0 Å². The van der Waals surface area contributed by atoms with Gasteiger partial charge in [0.2, 0.25) is 5.91 Å². The number of nitrogens with zero attached hydrogens (tertiary/aromatic N) is 1. The topological polar surface area (TPSA) is 76.7 Å². The molecule has 1 rings (SSSR count). The maximum Gasteiger partial charge on any atom is 0.243 e. The number of nitrogens with one attached hydrogen (secondary N) is 1. The number of hydrogen-bond acceptors (Lipinski definition) is 4. The number of carbonyl (C=O) groups excluding carboxylic acids is 1. The average molecular weight is 245 g/mol. The second-order valence-electron chi connectivity index (χ2n) is 4.03. The third kappa shape index (κ3) is 4.40. The fraction of sp³-hybridized carbons (Fsp3) is 0.800.